The molecule has 0 saturated heterocycles. The van der Waals surface area contributed by atoms with Crippen LogP contribution in [0, 0.1) is 0 Å². The summed E-state index contributed by atoms with van der Waals surface area (Å²) in [5.41, 5.74) is 4.63. The average molecular weight is 509 g/mol. The van der Waals surface area contributed by atoms with Crippen LogP contribution >= 0.6 is 0 Å². The minimum absolute atomic E-state index is 0.0642. The maximum Gasteiger partial charge on any atom is 0.147 e. The SMILES string of the molecule is O[C@@H]1CC(CC2=CC[C@@H](OCOCc3ccccc3)C[C@H](O)C2)=CC[C@@H](OCOCc2ccccc2)C1. The van der Waals surface area contributed by atoms with Gasteiger partial charge in [-0.15, -0.1) is 0 Å². The quantitative estimate of drug-likeness (QED) is 0.226. The Morgan fingerprint density at radius 3 is 1.49 bits per heavy atom. The van der Waals surface area contributed by atoms with Crippen molar-refractivity contribution in [2.24, 2.45) is 0 Å². The van der Waals surface area contributed by atoms with E-state index in [4.69, 9.17) is 18.9 Å². The number of rotatable bonds is 12. The molecule has 2 aromatic carbocycles. The Balaban J connectivity index is 1.19. The predicted octanol–water partition coefficient (Wildman–Crippen LogP) is 5.44. The predicted molar refractivity (Wildman–Crippen MR) is 142 cm³/mol. The Morgan fingerprint density at radius 1 is 0.622 bits per heavy atom. The zero-order chi connectivity index (χ0) is 25.7. The molecule has 0 spiro atoms. The normalized spacial score (nSPS) is 24.6. The number of hydrogen-bond donors (Lipinski definition) is 2. The fourth-order valence-corrected chi connectivity index (χ4v) is 4.94. The summed E-state index contributed by atoms with van der Waals surface area (Å²) in [5.74, 6) is 0. The molecule has 6 heteroatoms. The zero-order valence-electron chi connectivity index (χ0n) is 21.5. The fraction of sp³-hybridized carbons (Fsp3) is 0.484. The molecule has 200 valence electrons. The largest absolute Gasteiger partial charge is 0.393 e. The van der Waals surface area contributed by atoms with Crippen molar-refractivity contribution in [3.8, 4) is 0 Å². The summed E-state index contributed by atoms with van der Waals surface area (Å²) in [6.45, 7) is 1.45. The molecule has 37 heavy (non-hydrogen) atoms. The number of hydrogen-bond acceptors (Lipinski definition) is 6. The van der Waals surface area contributed by atoms with Crippen LogP contribution in [-0.4, -0.2) is 48.2 Å². The van der Waals surface area contributed by atoms with Gasteiger partial charge in [0.15, 0.2) is 0 Å². The maximum atomic E-state index is 10.6. The molecule has 0 unspecified atom stereocenters. The number of benzene rings is 2. The van der Waals surface area contributed by atoms with E-state index in [1.54, 1.807) is 0 Å². The van der Waals surface area contributed by atoms with E-state index < -0.39 is 12.2 Å². The molecule has 4 rings (SSSR count). The molecular weight excluding hydrogens is 468 g/mol. The van der Waals surface area contributed by atoms with E-state index in [0.717, 1.165) is 30.4 Å². The third-order valence-corrected chi connectivity index (χ3v) is 6.86. The highest BCUT2D eigenvalue weighted by Crippen LogP contribution is 2.30. The number of ether oxygens (including phenoxy) is 4. The summed E-state index contributed by atoms with van der Waals surface area (Å²) in [5, 5.41) is 21.2. The highest BCUT2D eigenvalue weighted by molar-refractivity contribution is 5.20. The summed E-state index contributed by atoms with van der Waals surface area (Å²) >= 11 is 0. The van der Waals surface area contributed by atoms with E-state index >= 15 is 0 Å². The fourth-order valence-electron chi connectivity index (χ4n) is 4.94. The molecule has 2 N–H and O–H groups in total. The zero-order valence-corrected chi connectivity index (χ0v) is 21.5. The Morgan fingerprint density at radius 2 is 1.05 bits per heavy atom. The van der Waals surface area contributed by atoms with Gasteiger partial charge in [0.2, 0.25) is 0 Å². The van der Waals surface area contributed by atoms with Crippen molar-refractivity contribution in [1.82, 2.24) is 0 Å². The first-order chi connectivity index (χ1) is 18.1. The van der Waals surface area contributed by atoms with Crippen LogP contribution < -0.4 is 0 Å². The van der Waals surface area contributed by atoms with E-state index in [-0.39, 0.29) is 25.8 Å². The molecule has 0 bridgehead atoms. The third-order valence-electron chi connectivity index (χ3n) is 6.86. The van der Waals surface area contributed by atoms with Crippen LogP contribution in [0.3, 0.4) is 0 Å². The van der Waals surface area contributed by atoms with E-state index in [1.807, 2.05) is 60.7 Å². The van der Waals surface area contributed by atoms with Crippen molar-refractivity contribution in [2.45, 2.75) is 82.6 Å². The van der Waals surface area contributed by atoms with Crippen LogP contribution in [0.1, 0.15) is 56.1 Å². The molecule has 2 aliphatic rings. The minimum atomic E-state index is -0.443. The molecule has 2 aromatic rings. The number of aliphatic hydroxyl groups is 2. The highest BCUT2D eigenvalue weighted by Gasteiger charge is 2.23. The van der Waals surface area contributed by atoms with Crippen molar-refractivity contribution >= 4 is 0 Å². The van der Waals surface area contributed by atoms with Crippen LogP contribution in [0.15, 0.2) is 84.0 Å². The van der Waals surface area contributed by atoms with Crippen molar-refractivity contribution < 1.29 is 29.2 Å². The second-order valence-corrected chi connectivity index (χ2v) is 10.0. The van der Waals surface area contributed by atoms with Gasteiger partial charge < -0.3 is 29.2 Å². The second kappa shape index (κ2) is 15.2. The Labute approximate surface area is 220 Å². The summed E-state index contributed by atoms with van der Waals surface area (Å²) in [4.78, 5) is 0. The van der Waals surface area contributed by atoms with Gasteiger partial charge in [0.05, 0.1) is 37.6 Å². The van der Waals surface area contributed by atoms with Gasteiger partial charge in [0.1, 0.15) is 13.6 Å². The van der Waals surface area contributed by atoms with E-state index in [0.29, 0.717) is 38.9 Å². The molecule has 0 heterocycles. The molecule has 6 nitrogen and oxygen atoms in total. The topological polar surface area (TPSA) is 77.4 Å². The molecule has 0 saturated carbocycles. The van der Waals surface area contributed by atoms with Crippen molar-refractivity contribution in [2.75, 3.05) is 13.6 Å². The molecule has 2 aliphatic carbocycles. The molecule has 0 aromatic heterocycles. The van der Waals surface area contributed by atoms with Gasteiger partial charge in [0.25, 0.3) is 0 Å². The van der Waals surface area contributed by atoms with Crippen molar-refractivity contribution in [3.63, 3.8) is 0 Å². The molecular formula is C31H40O6. The summed E-state index contributed by atoms with van der Waals surface area (Å²) in [6, 6.07) is 20.0. The van der Waals surface area contributed by atoms with Gasteiger partial charge in [-0.1, -0.05) is 84.0 Å². The Bertz CT molecular complexity index is 894. The summed E-state index contributed by atoms with van der Waals surface area (Å²) in [6.07, 6.45) is 8.09. The molecule has 0 aliphatic heterocycles. The standard InChI is InChI=1S/C31H40O6/c32-28-16-26(11-13-30(18-28)36-22-34-20-24-7-3-1-4-8-24)15-27-12-14-31(19-29(33)17-27)37-23-35-21-25-9-5-2-6-10-25/h1-12,28-33H,13-23H2/t28-,29-,30-,31-/m1/s1. The van der Waals surface area contributed by atoms with Crippen LogP contribution in [-0.2, 0) is 32.2 Å². The molecule has 0 fully saturated rings. The van der Waals surface area contributed by atoms with Crippen LogP contribution in [0.5, 0.6) is 0 Å². The first-order valence-electron chi connectivity index (χ1n) is 13.3. The molecule has 0 radical (unpaired) electrons. The average Bonchev–Trinajstić information content (AvgIpc) is 3.20. The first kappa shape index (κ1) is 27.7. The Kier molecular flexibility index (Phi) is 11.4. The lowest BCUT2D eigenvalue weighted by Crippen LogP contribution is -2.20. The lowest BCUT2D eigenvalue weighted by molar-refractivity contribution is -0.104. The number of aliphatic hydroxyl groups excluding tert-OH is 2. The summed E-state index contributed by atoms with van der Waals surface area (Å²) in [7, 11) is 0. The van der Waals surface area contributed by atoms with E-state index in [9.17, 15) is 10.2 Å². The van der Waals surface area contributed by atoms with Crippen molar-refractivity contribution in [1.29, 1.82) is 0 Å². The van der Waals surface area contributed by atoms with E-state index in [1.165, 1.54) is 11.1 Å². The maximum absolute atomic E-state index is 10.6. The van der Waals surface area contributed by atoms with Gasteiger partial charge in [0, 0.05) is 12.8 Å². The van der Waals surface area contributed by atoms with Gasteiger partial charge in [-0.05, 0) is 43.2 Å². The van der Waals surface area contributed by atoms with Gasteiger partial charge >= 0.3 is 0 Å². The molecule has 0 amide bonds. The smallest absolute Gasteiger partial charge is 0.147 e. The van der Waals surface area contributed by atoms with Crippen molar-refractivity contribution in [3.05, 3.63) is 95.1 Å². The monoisotopic (exact) mass is 508 g/mol. The van der Waals surface area contributed by atoms with Crippen LogP contribution in [0.2, 0.25) is 0 Å². The second-order valence-electron chi connectivity index (χ2n) is 10.0. The third kappa shape index (κ3) is 10.2. The van der Waals surface area contributed by atoms with Gasteiger partial charge in [-0.2, -0.15) is 0 Å². The lowest BCUT2D eigenvalue weighted by Gasteiger charge is -2.18. The van der Waals surface area contributed by atoms with E-state index in [2.05, 4.69) is 12.2 Å². The van der Waals surface area contributed by atoms with Crippen LogP contribution in [0.4, 0.5) is 0 Å². The van der Waals surface area contributed by atoms with Gasteiger partial charge in [-0.25, -0.2) is 0 Å². The Hall–Kier alpha value is -2.32. The lowest BCUT2D eigenvalue weighted by atomic mass is 9.96. The molecule has 4 atom stereocenters. The minimum Gasteiger partial charge on any atom is -0.393 e. The first-order valence-corrected chi connectivity index (χ1v) is 13.3. The van der Waals surface area contributed by atoms with Crippen LogP contribution in [0.25, 0.3) is 0 Å². The highest BCUT2D eigenvalue weighted by atomic mass is 16.7. The van der Waals surface area contributed by atoms with Gasteiger partial charge in [-0.3, -0.25) is 0 Å². The summed E-state index contributed by atoms with van der Waals surface area (Å²) < 4.78 is 23.1.